The lowest BCUT2D eigenvalue weighted by atomic mass is 10.0. The molecular formula is C17H20N4O2. The van der Waals surface area contributed by atoms with Crippen molar-refractivity contribution in [3.05, 3.63) is 47.2 Å². The van der Waals surface area contributed by atoms with Crippen LogP contribution in [0.15, 0.2) is 30.3 Å². The number of aromatic nitrogens is 2. The molecule has 3 N–H and O–H groups in total. The molecule has 2 amide bonds. The minimum absolute atomic E-state index is 0.220. The number of aromatic amines is 1. The lowest BCUT2D eigenvalue weighted by Crippen LogP contribution is -2.19. The number of carbonyl (C=O) groups excluding carboxylic acids is 2. The highest BCUT2D eigenvalue weighted by Crippen LogP contribution is 2.33. The van der Waals surface area contributed by atoms with E-state index in [4.69, 9.17) is 0 Å². The Labute approximate surface area is 134 Å². The molecule has 0 spiro atoms. The van der Waals surface area contributed by atoms with Crippen molar-refractivity contribution in [2.24, 2.45) is 0 Å². The number of hydrogen-bond donors (Lipinski definition) is 3. The second-order valence-electron chi connectivity index (χ2n) is 5.80. The molecule has 0 aliphatic heterocycles. The maximum atomic E-state index is 12.3. The van der Waals surface area contributed by atoms with E-state index in [0.29, 0.717) is 22.9 Å². The summed E-state index contributed by atoms with van der Waals surface area (Å²) in [6.45, 7) is 0. The number of hydrogen-bond acceptors (Lipinski definition) is 3. The number of anilines is 1. The molecule has 0 atom stereocenters. The van der Waals surface area contributed by atoms with Gasteiger partial charge in [0.25, 0.3) is 11.8 Å². The van der Waals surface area contributed by atoms with Crippen molar-refractivity contribution in [1.82, 2.24) is 15.5 Å². The highest BCUT2D eigenvalue weighted by molar-refractivity contribution is 6.05. The molecule has 1 aromatic carbocycles. The Morgan fingerprint density at radius 1 is 1.13 bits per heavy atom. The minimum Gasteiger partial charge on any atom is -0.355 e. The highest BCUT2D eigenvalue weighted by Gasteiger charge is 2.19. The zero-order valence-electron chi connectivity index (χ0n) is 13.1. The number of nitrogens with zero attached hydrogens (tertiary/aromatic N) is 1. The molecule has 120 valence electrons. The van der Waals surface area contributed by atoms with Gasteiger partial charge in [0.05, 0.1) is 0 Å². The molecule has 6 nitrogen and oxygen atoms in total. The molecule has 1 aliphatic rings. The molecule has 1 aliphatic carbocycles. The molecule has 1 heterocycles. The Bertz CT molecular complexity index is 717. The van der Waals surface area contributed by atoms with Gasteiger partial charge in [0.1, 0.15) is 0 Å². The summed E-state index contributed by atoms with van der Waals surface area (Å²) < 4.78 is 0. The van der Waals surface area contributed by atoms with Gasteiger partial charge < -0.3 is 10.6 Å². The Hall–Kier alpha value is -2.63. The summed E-state index contributed by atoms with van der Waals surface area (Å²) >= 11 is 0. The third-order valence-electron chi connectivity index (χ3n) is 4.25. The number of rotatable bonds is 4. The number of nitrogens with one attached hydrogen (secondary N) is 3. The quantitative estimate of drug-likeness (QED) is 0.811. The lowest BCUT2D eigenvalue weighted by Gasteiger charge is -2.05. The van der Waals surface area contributed by atoms with Crippen LogP contribution in [-0.4, -0.2) is 29.1 Å². The van der Waals surface area contributed by atoms with E-state index in [1.807, 2.05) is 6.07 Å². The van der Waals surface area contributed by atoms with E-state index in [2.05, 4.69) is 20.8 Å². The molecule has 0 radical (unpaired) electrons. The zero-order valence-corrected chi connectivity index (χ0v) is 13.1. The van der Waals surface area contributed by atoms with Crippen LogP contribution >= 0.6 is 0 Å². The summed E-state index contributed by atoms with van der Waals surface area (Å²) in [6, 6.07) is 8.50. The first-order valence-corrected chi connectivity index (χ1v) is 7.86. The van der Waals surface area contributed by atoms with E-state index >= 15 is 0 Å². The second-order valence-corrected chi connectivity index (χ2v) is 5.80. The SMILES string of the molecule is CNC(=O)c1cccc(C(=O)Nc2cc(C3CCCC3)[nH]n2)c1. The number of amides is 2. The molecule has 1 fully saturated rings. The number of carbonyl (C=O) groups is 2. The zero-order chi connectivity index (χ0) is 16.2. The van der Waals surface area contributed by atoms with Crippen LogP contribution in [0.5, 0.6) is 0 Å². The molecule has 0 saturated heterocycles. The van der Waals surface area contributed by atoms with Gasteiger partial charge in [-0.05, 0) is 31.0 Å². The normalized spacial score (nSPS) is 14.7. The Balaban J connectivity index is 1.70. The van der Waals surface area contributed by atoms with Gasteiger partial charge in [0.15, 0.2) is 5.82 Å². The summed E-state index contributed by atoms with van der Waals surface area (Å²) in [5.74, 6) is 0.537. The third kappa shape index (κ3) is 3.41. The maximum Gasteiger partial charge on any atom is 0.256 e. The summed E-state index contributed by atoms with van der Waals surface area (Å²) in [4.78, 5) is 23.9. The molecule has 1 saturated carbocycles. The summed E-state index contributed by atoms with van der Waals surface area (Å²) in [5, 5.41) is 12.5. The van der Waals surface area contributed by atoms with E-state index in [-0.39, 0.29) is 11.8 Å². The van der Waals surface area contributed by atoms with Crippen LogP contribution < -0.4 is 10.6 Å². The Morgan fingerprint density at radius 2 is 1.83 bits per heavy atom. The lowest BCUT2D eigenvalue weighted by molar-refractivity contribution is 0.0963. The smallest absolute Gasteiger partial charge is 0.256 e. The first-order valence-electron chi connectivity index (χ1n) is 7.86. The average Bonchev–Trinajstić information content (AvgIpc) is 3.25. The van der Waals surface area contributed by atoms with Crippen molar-refractivity contribution in [1.29, 1.82) is 0 Å². The molecule has 23 heavy (non-hydrogen) atoms. The van der Waals surface area contributed by atoms with Crippen LogP contribution in [0.4, 0.5) is 5.82 Å². The van der Waals surface area contributed by atoms with Crippen molar-refractivity contribution < 1.29 is 9.59 Å². The van der Waals surface area contributed by atoms with Gasteiger partial charge in [-0.3, -0.25) is 14.7 Å². The van der Waals surface area contributed by atoms with Crippen LogP contribution in [0, 0.1) is 0 Å². The number of benzene rings is 1. The van der Waals surface area contributed by atoms with Crippen LogP contribution in [0.1, 0.15) is 58.0 Å². The summed E-state index contributed by atoms with van der Waals surface area (Å²) in [5.41, 5.74) is 1.96. The van der Waals surface area contributed by atoms with Crippen molar-refractivity contribution in [3.63, 3.8) is 0 Å². The van der Waals surface area contributed by atoms with Crippen molar-refractivity contribution in [2.45, 2.75) is 31.6 Å². The van der Waals surface area contributed by atoms with Gasteiger partial charge in [0.2, 0.25) is 0 Å². The van der Waals surface area contributed by atoms with Gasteiger partial charge in [-0.1, -0.05) is 18.9 Å². The third-order valence-corrected chi connectivity index (χ3v) is 4.25. The van der Waals surface area contributed by atoms with Gasteiger partial charge in [0, 0.05) is 35.9 Å². The molecular weight excluding hydrogens is 292 g/mol. The number of H-pyrrole nitrogens is 1. The van der Waals surface area contributed by atoms with Crippen molar-refractivity contribution >= 4 is 17.6 Å². The monoisotopic (exact) mass is 312 g/mol. The largest absolute Gasteiger partial charge is 0.355 e. The van der Waals surface area contributed by atoms with Crippen molar-refractivity contribution in [3.8, 4) is 0 Å². The predicted molar refractivity (Wildman–Crippen MR) is 87.6 cm³/mol. The van der Waals surface area contributed by atoms with E-state index in [1.54, 1.807) is 31.3 Å². The standard InChI is InChI=1S/C17H20N4O2/c1-18-16(22)12-7-4-8-13(9-12)17(23)19-15-10-14(20-21-15)11-5-2-3-6-11/h4,7-11H,2-3,5-6H2,1H3,(H,18,22)(H2,19,20,21,23). The maximum absolute atomic E-state index is 12.3. The fourth-order valence-corrected chi connectivity index (χ4v) is 2.98. The van der Waals surface area contributed by atoms with Gasteiger partial charge in [-0.15, -0.1) is 0 Å². The van der Waals surface area contributed by atoms with Gasteiger partial charge >= 0.3 is 0 Å². The topological polar surface area (TPSA) is 86.9 Å². The summed E-state index contributed by atoms with van der Waals surface area (Å²) in [7, 11) is 1.56. The fourth-order valence-electron chi connectivity index (χ4n) is 2.98. The van der Waals surface area contributed by atoms with Crippen molar-refractivity contribution in [2.75, 3.05) is 12.4 Å². The summed E-state index contributed by atoms with van der Waals surface area (Å²) in [6.07, 6.45) is 4.84. The predicted octanol–water partition coefficient (Wildman–Crippen LogP) is 2.68. The van der Waals surface area contributed by atoms with Gasteiger partial charge in [-0.25, -0.2) is 0 Å². The molecule has 3 rings (SSSR count). The highest BCUT2D eigenvalue weighted by atomic mass is 16.2. The van der Waals surface area contributed by atoms with Crippen LogP contribution in [0.25, 0.3) is 0 Å². The van der Waals surface area contributed by atoms with E-state index in [9.17, 15) is 9.59 Å². The Kier molecular flexibility index (Phi) is 4.41. The van der Waals surface area contributed by atoms with Crippen LogP contribution in [-0.2, 0) is 0 Å². The first kappa shape index (κ1) is 15.3. The fraction of sp³-hybridized carbons (Fsp3) is 0.353. The van der Waals surface area contributed by atoms with Crippen LogP contribution in [0.3, 0.4) is 0 Å². The molecule has 6 heteroatoms. The minimum atomic E-state index is -0.278. The van der Waals surface area contributed by atoms with Crippen LogP contribution in [0.2, 0.25) is 0 Å². The van der Waals surface area contributed by atoms with E-state index < -0.39 is 0 Å². The first-order chi connectivity index (χ1) is 11.2. The average molecular weight is 312 g/mol. The molecule has 0 unspecified atom stereocenters. The molecule has 2 aromatic rings. The Morgan fingerprint density at radius 3 is 2.52 bits per heavy atom. The van der Waals surface area contributed by atoms with E-state index in [1.165, 1.54) is 25.7 Å². The second kappa shape index (κ2) is 6.64. The molecule has 0 bridgehead atoms. The molecule has 1 aromatic heterocycles. The van der Waals surface area contributed by atoms with E-state index in [0.717, 1.165) is 5.69 Å². The van der Waals surface area contributed by atoms with Gasteiger partial charge in [-0.2, -0.15) is 5.10 Å².